The van der Waals surface area contributed by atoms with E-state index in [-0.39, 0.29) is 5.97 Å². The van der Waals surface area contributed by atoms with Crippen LogP contribution in [-0.4, -0.2) is 22.4 Å². The number of hydrogen-bond acceptors (Lipinski definition) is 3. The zero-order valence-corrected chi connectivity index (χ0v) is 15.1. The van der Waals surface area contributed by atoms with E-state index in [9.17, 15) is 4.79 Å². The van der Waals surface area contributed by atoms with Gasteiger partial charge in [0.25, 0.3) is 0 Å². The Kier molecular flexibility index (Phi) is 4.85. The van der Waals surface area contributed by atoms with Crippen molar-refractivity contribution in [2.45, 2.75) is 45.6 Å². The Bertz CT molecular complexity index is 703. The van der Waals surface area contributed by atoms with E-state index in [0.29, 0.717) is 24.5 Å². The minimum atomic E-state index is -0.235. The van der Waals surface area contributed by atoms with Gasteiger partial charge in [0.1, 0.15) is 5.56 Å². The molecular weight excluding hydrogens is 356 g/mol. The average molecular weight is 377 g/mol. The van der Waals surface area contributed by atoms with Crippen LogP contribution in [0.5, 0.6) is 0 Å². The summed E-state index contributed by atoms with van der Waals surface area (Å²) in [6.45, 7) is 5.07. The molecule has 1 aromatic heterocycles. The Hall–Kier alpha value is -1.62. The molecule has 122 valence electrons. The molecule has 0 bridgehead atoms. The number of hydrogen-bond donors (Lipinski definition) is 0. The third kappa shape index (κ3) is 3.50. The second-order valence-corrected chi connectivity index (χ2v) is 6.74. The lowest BCUT2D eigenvalue weighted by atomic mass is 10.0. The predicted molar refractivity (Wildman–Crippen MR) is 92.8 cm³/mol. The zero-order chi connectivity index (χ0) is 16.4. The summed E-state index contributed by atoms with van der Waals surface area (Å²) in [6, 6.07) is 8.14. The SMILES string of the molecule is CCOC(=O)c1c(Cc2ccc(Br)cc2)nn(CC)c1C1CC1. The summed E-state index contributed by atoms with van der Waals surface area (Å²) < 4.78 is 8.33. The lowest BCUT2D eigenvalue weighted by molar-refractivity contribution is 0.0523. The zero-order valence-electron chi connectivity index (χ0n) is 13.5. The largest absolute Gasteiger partial charge is 0.462 e. The molecule has 0 unspecified atom stereocenters. The van der Waals surface area contributed by atoms with E-state index in [1.807, 2.05) is 23.7 Å². The molecule has 0 N–H and O–H groups in total. The lowest BCUT2D eigenvalue weighted by Crippen LogP contribution is -2.10. The number of carbonyl (C=O) groups excluding carboxylic acids is 1. The van der Waals surface area contributed by atoms with Gasteiger partial charge in [0.2, 0.25) is 0 Å². The van der Waals surface area contributed by atoms with Crippen molar-refractivity contribution in [3.8, 4) is 0 Å². The fourth-order valence-electron chi connectivity index (χ4n) is 2.88. The van der Waals surface area contributed by atoms with Crippen LogP contribution >= 0.6 is 15.9 Å². The molecule has 1 fully saturated rings. The average Bonchev–Trinajstić information content (AvgIpc) is 3.31. The first kappa shape index (κ1) is 16.2. The number of carbonyl (C=O) groups is 1. The first-order chi connectivity index (χ1) is 11.1. The van der Waals surface area contributed by atoms with Crippen LogP contribution in [0.15, 0.2) is 28.7 Å². The second kappa shape index (κ2) is 6.87. The number of esters is 1. The van der Waals surface area contributed by atoms with Crippen LogP contribution in [-0.2, 0) is 17.7 Å². The third-order valence-corrected chi connectivity index (χ3v) is 4.62. The molecule has 1 aromatic carbocycles. The Morgan fingerprint density at radius 2 is 2.00 bits per heavy atom. The monoisotopic (exact) mass is 376 g/mol. The molecule has 2 aromatic rings. The van der Waals surface area contributed by atoms with Crippen molar-refractivity contribution < 1.29 is 9.53 Å². The van der Waals surface area contributed by atoms with Gasteiger partial charge in [0.05, 0.1) is 18.0 Å². The molecule has 1 saturated carbocycles. The predicted octanol–water partition coefficient (Wildman–Crippen LogP) is 4.31. The van der Waals surface area contributed by atoms with E-state index in [4.69, 9.17) is 9.84 Å². The quantitative estimate of drug-likeness (QED) is 0.705. The highest BCUT2D eigenvalue weighted by molar-refractivity contribution is 9.10. The summed E-state index contributed by atoms with van der Waals surface area (Å²) >= 11 is 3.45. The van der Waals surface area contributed by atoms with Crippen molar-refractivity contribution in [1.82, 2.24) is 9.78 Å². The Morgan fingerprint density at radius 3 is 2.57 bits per heavy atom. The van der Waals surface area contributed by atoms with Crippen molar-refractivity contribution in [3.63, 3.8) is 0 Å². The fourth-order valence-corrected chi connectivity index (χ4v) is 3.15. The van der Waals surface area contributed by atoms with Crippen molar-refractivity contribution >= 4 is 21.9 Å². The van der Waals surface area contributed by atoms with Crippen LogP contribution in [0.3, 0.4) is 0 Å². The highest BCUT2D eigenvalue weighted by Gasteiger charge is 2.35. The molecule has 5 heteroatoms. The van der Waals surface area contributed by atoms with Gasteiger partial charge in [-0.2, -0.15) is 5.10 Å². The van der Waals surface area contributed by atoms with Gasteiger partial charge in [0, 0.05) is 23.4 Å². The number of ether oxygens (including phenoxy) is 1. The smallest absolute Gasteiger partial charge is 0.341 e. The fraction of sp³-hybridized carbons (Fsp3) is 0.444. The first-order valence-corrected chi connectivity index (χ1v) is 8.94. The molecule has 0 spiro atoms. The highest BCUT2D eigenvalue weighted by Crippen LogP contribution is 2.43. The molecule has 23 heavy (non-hydrogen) atoms. The number of halogens is 1. The van der Waals surface area contributed by atoms with E-state index in [1.54, 1.807) is 0 Å². The van der Waals surface area contributed by atoms with Gasteiger partial charge in [-0.3, -0.25) is 4.68 Å². The maximum absolute atomic E-state index is 12.5. The van der Waals surface area contributed by atoms with Crippen LogP contribution in [0.4, 0.5) is 0 Å². The standard InChI is InChI=1S/C18H21BrN2O2/c1-3-21-17(13-7-8-13)16(18(22)23-4-2)15(20-21)11-12-5-9-14(19)10-6-12/h5-6,9-10,13H,3-4,7-8,11H2,1-2H3. The molecule has 3 rings (SSSR count). The summed E-state index contributed by atoms with van der Waals surface area (Å²) in [5, 5.41) is 4.72. The maximum Gasteiger partial charge on any atom is 0.341 e. The van der Waals surface area contributed by atoms with Gasteiger partial charge in [-0.1, -0.05) is 28.1 Å². The van der Waals surface area contributed by atoms with Crippen molar-refractivity contribution in [1.29, 1.82) is 0 Å². The summed E-state index contributed by atoms with van der Waals surface area (Å²) in [5.41, 5.74) is 3.73. The molecule has 0 radical (unpaired) electrons. The molecule has 0 saturated heterocycles. The van der Waals surface area contributed by atoms with Gasteiger partial charge in [0.15, 0.2) is 0 Å². The van der Waals surface area contributed by atoms with Crippen LogP contribution in [0.1, 0.15) is 59.9 Å². The van der Waals surface area contributed by atoms with Crippen LogP contribution in [0.2, 0.25) is 0 Å². The topological polar surface area (TPSA) is 44.1 Å². The summed E-state index contributed by atoms with van der Waals surface area (Å²) in [4.78, 5) is 12.5. The van der Waals surface area contributed by atoms with Crippen molar-refractivity contribution in [2.75, 3.05) is 6.61 Å². The minimum absolute atomic E-state index is 0.235. The van der Waals surface area contributed by atoms with Gasteiger partial charge in [-0.25, -0.2) is 4.79 Å². The number of benzene rings is 1. The molecule has 0 atom stereocenters. The summed E-state index contributed by atoms with van der Waals surface area (Å²) in [5.74, 6) is 0.224. The van der Waals surface area contributed by atoms with Gasteiger partial charge < -0.3 is 4.74 Å². The molecule has 0 amide bonds. The van der Waals surface area contributed by atoms with E-state index in [0.717, 1.165) is 40.8 Å². The highest BCUT2D eigenvalue weighted by atomic mass is 79.9. The van der Waals surface area contributed by atoms with Crippen LogP contribution in [0.25, 0.3) is 0 Å². The second-order valence-electron chi connectivity index (χ2n) is 5.82. The van der Waals surface area contributed by atoms with Crippen LogP contribution < -0.4 is 0 Å². The molecule has 1 aliphatic carbocycles. The summed E-state index contributed by atoms with van der Waals surface area (Å²) in [6.07, 6.45) is 2.92. The molecule has 4 nitrogen and oxygen atoms in total. The number of aromatic nitrogens is 2. The molecule has 1 heterocycles. The Balaban J connectivity index is 2.00. The molecule has 0 aliphatic heterocycles. The van der Waals surface area contributed by atoms with E-state index in [2.05, 4.69) is 35.0 Å². The Labute approximate surface area is 145 Å². The minimum Gasteiger partial charge on any atom is -0.462 e. The Morgan fingerprint density at radius 1 is 1.30 bits per heavy atom. The van der Waals surface area contributed by atoms with Crippen molar-refractivity contribution in [3.05, 3.63) is 51.3 Å². The normalized spacial score (nSPS) is 14.0. The number of aryl methyl sites for hydroxylation is 1. The maximum atomic E-state index is 12.5. The van der Waals surface area contributed by atoms with Crippen LogP contribution in [0, 0.1) is 0 Å². The van der Waals surface area contributed by atoms with E-state index >= 15 is 0 Å². The lowest BCUT2D eigenvalue weighted by Gasteiger charge is -2.07. The van der Waals surface area contributed by atoms with Crippen molar-refractivity contribution in [2.24, 2.45) is 0 Å². The summed E-state index contributed by atoms with van der Waals surface area (Å²) in [7, 11) is 0. The number of rotatable bonds is 6. The first-order valence-electron chi connectivity index (χ1n) is 8.15. The molecular formula is C18H21BrN2O2. The van der Waals surface area contributed by atoms with Gasteiger partial charge in [-0.15, -0.1) is 0 Å². The van der Waals surface area contributed by atoms with Gasteiger partial charge in [-0.05, 0) is 44.4 Å². The number of nitrogens with zero attached hydrogens (tertiary/aromatic N) is 2. The van der Waals surface area contributed by atoms with Gasteiger partial charge >= 0.3 is 5.97 Å². The van der Waals surface area contributed by atoms with E-state index in [1.165, 1.54) is 0 Å². The molecule has 1 aliphatic rings. The third-order valence-electron chi connectivity index (χ3n) is 4.09. The van der Waals surface area contributed by atoms with E-state index < -0.39 is 0 Å².